The summed E-state index contributed by atoms with van der Waals surface area (Å²) in [6.07, 6.45) is 4.23. The van der Waals surface area contributed by atoms with Gasteiger partial charge in [0, 0.05) is 31.5 Å². The first-order valence-electron chi connectivity index (χ1n) is 7.99. The molecule has 1 aliphatic rings. The Morgan fingerprint density at radius 1 is 1.38 bits per heavy atom. The number of piperidine rings is 1. The van der Waals surface area contributed by atoms with Crippen LogP contribution >= 0.6 is 0 Å². The Morgan fingerprint density at radius 2 is 2.12 bits per heavy atom. The fourth-order valence-electron chi connectivity index (χ4n) is 3.33. The Labute approximate surface area is 140 Å². The van der Waals surface area contributed by atoms with Gasteiger partial charge in [0.05, 0.1) is 17.8 Å². The smallest absolute Gasteiger partial charge is 0.231 e. The third-order valence-corrected chi connectivity index (χ3v) is 4.29. The van der Waals surface area contributed by atoms with Gasteiger partial charge in [0.1, 0.15) is 17.1 Å². The van der Waals surface area contributed by atoms with E-state index in [1.54, 1.807) is 18.5 Å². The van der Waals surface area contributed by atoms with Crippen LogP contribution in [0.5, 0.6) is 0 Å². The second kappa shape index (κ2) is 6.81. The van der Waals surface area contributed by atoms with Crippen LogP contribution in [0.3, 0.4) is 0 Å². The summed E-state index contributed by atoms with van der Waals surface area (Å²) in [6.45, 7) is 4.02. The number of primary amides is 1. The van der Waals surface area contributed by atoms with E-state index in [2.05, 4.69) is 33.2 Å². The molecule has 1 amide bonds. The van der Waals surface area contributed by atoms with E-state index >= 15 is 0 Å². The Kier molecular flexibility index (Phi) is 4.58. The van der Waals surface area contributed by atoms with Gasteiger partial charge < -0.3 is 16.0 Å². The van der Waals surface area contributed by atoms with Crippen LogP contribution in [0.2, 0.25) is 0 Å². The van der Waals surface area contributed by atoms with E-state index in [1.165, 1.54) is 0 Å². The zero-order valence-electron chi connectivity index (χ0n) is 13.6. The molecule has 2 heterocycles. The number of nitrogens with one attached hydrogen (secondary N) is 1. The fraction of sp³-hybridized carbons (Fsp3) is 0.412. The highest BCUT2D eigenvalue weighted by Gasteiger charge is 2.26. The normalized spacial score (nSPS) is 20.8. The van der Waals surface area contributed by atoms with Crippen molar-refractivity contribution in [2.24, 2.45) is 11.7 Å². The summed E-state index contributed by atoms with van der Waals surface area (Å²) in [6, 6.07) is 6.07. The van der Waals surface area contributed by atoms with E-state index in [9.17, 15) is 10.1 Å². The predicted octanol–water partition coefficient (Wildman–Crippen LogP) is 0.791. The van der Waals surface area contributed by atoms with Crippen molar-refractivity contribution < 1.29 is 4.79 Å². The summed E-state index contributed by atoms with van der Waals surface area (Å²) in [5, 5.41) is 12.5. The average Bonchev–Trinajstić information content (AvgIpc) is 2.58. The quantitative estimate of drug-likeness (QED) is 0.861. The topological polar surface area (TPSA) is 108 Å². The first-order chi connectivity index (χ1) is 11.6. The van der Waals surface area contributed by atoms with Gasteiger partial charge in [-0.1, -0.05) is 6.92 Å². The molecule has 0 spiro atoms. The van der Waals surface area contributed by atoms with Crippen LogP contribution in [0.25, 0.3) is 11.0 Å². The Balaban J connectivity index is 1.92. The van der Waals surface area contributed by atoms with Crippen LogP contribution in [0.1, 0.15) is 18.9 Å². The standard InChI is InChI=1S/C17H20N6O/c1-11-6-13(22-8-15(19)24)10-23(9-11)14-3-2-12(7-18)16-17(14)21-5-4-20-16/h2-5,11,13,22H,6,8-10H2,1H3,(H2,19,24). The Bertz CT molecular complexity index is 799. The molecule has 1 aromatic carbocycles. The maximum Gasteiger partial charge on any atom is 0.231 e. The number of anilines is 1. The lowest BCUT2D eigenvalue weighted by molar-refractivity contribution is -0.117. The molecule has 3 N–H and O–H groups in total. The van der Waals surface area contributed by atoms with Gasteiger partial charge >= 0.3 is 0 Å². The van der Waals surface area contributed by atoms with Crippen LogP contribution in [-0.4, -0.2) is 41.6 Å². The van der Waals surface area contributed by atoms with Gasteiger partial charge in [-0.2, -0.15) is 5.26 Å². The molecule has 0 bridgehead atoms. The lowest BCUT2D eigenvalue weighted by Gasteiger charge is -2.38. The van der Waals surface area contributed by atoms with Crippen molar-refractivity contribution in [3.05, 3.63) is 30.1 Å². The summed E-state index contributed by atoms with van der Waals surface area (Å²) in [4.78, 5) is 22.0. The monoisotopic (exact) mass is 324 g/mol. The molecule has 2 unspecified atom stereocenters. The molecule has 7 nitrogen and oxygen atoms in total. The van der Waals surface area contributed by atoms with E-state index in [-0.39, 0.29) is 18.5 Å². The molecule has 2 aromatic rings. The number of nitrogens with two attached hydrogens (primary N) is 1. The number of hydrogen-bond donors (Lipinski definition) is 2. The van der Waals surface area contributed by atoms with E-state index in [0.29, 0.717) is 17.0 Å². The van der Waals surface area contributed by atoms with Crippen molar-refractivity contribution in [1.82, 2.24) is 15.3 Å². The van der Waals surface area contributed by atoms with Gasteiger partial charge in [-0.25, -0.2) is 0 Å². The van der Waals surface area contributed by atoms with Gasteiger partial charge in [-0.3, -0.25) is 14.8 Å². The first-order valence-corrected chi connectivity index (χ1v) is 7.99. The lowest BCUT2D eigenvalue weighted by atomic mass is 9.95. The molecule has 3 rings (SSSR count). The molecule has 1 saturated heterocycles. The maximum atomic E-state index is 11.0. The van der Waals surface area contributed by atoms with Gasteiger partial charge in [0.2, 0.25) is 5.91 Å². The SMILES string of the molecule is CC1CC(NCC(N)=O)CN(c2ccc(C#N)c3nccnc23)C1. The van der Waals surface area contributed by atoms with Gasteiger partial charge in [0.15, 0.2) is 0 Å². The molecule has 124 valence electrons. The molecule has 1 aliphatic heterocycles. The van der Waals surface area contributed by atoms with Crippen molar-refractivity contribution in [1.29, 1.82) is 5.26 Å². The number of fused-ring (bicyclic) bond motifs is 1. The highest BCUT2D eigenvalue weighted by Crippen LogP contribution is 2.29. The largest absolute Gasteiger partial charge is 0.369 e. The number of nitriles is 1. The third-order valence-electron chi connectivity index (χ3n) is 4.29. The van der Waals surface area contributed by atoms with E-state index < -0.39 is 0 Å². The summed E-state index contributed by atoms with van der Waals surface area (Å²) in [5.41, 5.74) is 8.08. The summed E-state index contributed by atoms with van der Waals surface area (Å²) in [5.74, 6) is 0.112. The molecule has 7 heteroatoms. The molecule has 0 aliphatic carbocycles. The van der Waals surface area contributed by atoms with Gasteiger partial charge in [-0.15, -0.1) is 0 Å². The molecule has 1 aromatic heterocycles. The molecule has 0 saturated carbocycles. The molecule has 2 atom stereocenters. The molecular weight excluding hydrogens is 304 g/mol. The third kappa shape index (κ3) is 3.29. The lowest BCUT2D eigenvalue weighted by Crippen LogP contribution is -2.50. The zero-order valence-corrected chi connectivity index (χ0v) is 13.6. The van der Waals surface area contributed by atoms with Crippen LogP contribution in [0.15, 0.2) is 24.5 Å². The van der Waals surface area contributed by atoms with Crippen molar-refractivity contribution in [3.63, 3.8) is 0 Å². The number of benzene rings is 1. The minimum absolute atomic E-state index is 0.180. The number of amides is 1. The zero-order chi connectivity index (χ0) is 17.1. The average molecular weight is 324 g/mol. The number of hydrogen-bond acceptors (Lipinski definition) is 6. The van der Waals surface area contributed by atoms with E-state index in [1.807, 2.05) is 6.07 Å². The van der Waals surface area contributed by atoms with Crippen LogP contribution < -0.4 is 16.0 Å². The number of nitrogens with zero attached hydrogens (tertiary/aromatic N) is 4. The Morgan fingerprint density at radius 3 is 2.83 bits per heavy atom. The summed E-state index contributed by atoms with van der Waals surface area (Å²) < 4.78 is 0. The minimum atomic E-state index is -0.352. The van der Waals surface area contributed by atoms with Gasteiger partial charge in [-0.05, 0) is 24.5 Å². The van der Waals surface area contributed by atoms with Crippen molar-refractivity contribution >= 4 is 22.6 Å². The highest BCUT2D eigenvalue weighted by molar-refractivity contribution is 5.92. The first kappa shape index (κ1) is 16.1. The molecule has 1 fully saturated rings. The van der Waals surface area contributed by atoms with E-state index in [4.69, 9.17) is 5.73 Å². The second-order valence-electron chi connectivity index (χ2n) is 6.29. The predicted molar refractivity (Wildman–Crippen MR) is 91.2 cm³/mol. The number of aromatic nitrogens is 2. The number of carbonyl (C=O) groups is 1. The van der Waals surface area contributed by atoms with Crippen LogP contribution in [0.4, 0.5) is 5.69 Å². The number of rotatable bonds is 4. The molecule has 24 heavy (non-hydrogen) atoms. The van der Waals surface area contributed by atoms with Crippen LogP contribution in [-0.2, 0) is 4.79 Å². The van der Waals surface area contributed by atoms with E-state index in [0.717, 1.165) is 30.7 Å². The Hall–Kier alpha value is -2.72. The number of carbonyl (C=O) groups excluding carboxylic acids is 1. The highest BCUT2D eigenvalue weighted by atomic mass is 16.1. The molecular formula is C17H20N6O. The maximum absolute atomic E-state index is 11.0. The van der Waals surface area contributed by atoms with Crippen molar-refractivity contribution in [2.75, 3.05) is 24.5 Å². The van der Waals surface area contributed by atoms with Crippen molar-refractivity contribution in [2.45, 2.75) is 19.4 Å². The summed E-state index contributed by atoms with van der Waals surface area (Å²) >= 11 is 0. The fourth-order valence-corrected chi connectivity index (χ4v) is 3.33. The van der Waals surface area contributed by atoms with Crippen molar-refractivity contribution in [3.8, 4) is 6.07 Å². The molecule has 0 radical (unpaired) electrons. The minimum Gasteiger partial charge on any atom is -0.369 e. The van der Waals surface area contributed by atoms with Crippen LogP contribution in [0, 0.1) is 17.2 Å². The van der Waals surface area contributed by atoms with Gasteiger partial charge in [0.25, 0.3) is 0 Å². The second-order valence-corrected chi connectivity index (χ2v) is 6.29. The summed E-state index contributed by atoms with van der Waals surface area (Å²) in [7, 11) is 0.